The Morgan fingerprint density at radius 2 is 1.76 bits per heavy atom. The van der Waals surface area contributed by atoms with Crippen molar-refractivity contribution in [2.24, 2.45) is 0 Å². The SMILES string of the molecule is CCn1c(C(=O)NS(=O)(=O)c2ccccc2Br)nc(-c2c(F)cccc2F)c1C. The van der Waals surface area contributed by atoms with Crippen molar-refractivity contribution < 1.29 is 22.0 Å². The predicted octanol–water partition coefficient (Wildman–Crippen LogP) is 4.04. The van der Waals surface area contributed by atoms with Crippen molar-refractivity contribution in [3.8, 4) is 11.3 Å². The summed E-state index contributed by atoms with van der Waals surface area (Å²) in [5.74, 6) is -2.93. The van der Waals surface area contributed by atoms with E-state index in [2.05, 4.69) is 20.9 Å². The van der Waals surface area contributed by atoms with E-state index in [4.69, 9.17) is 0 Å². The molecule has 6 nitrogen and oxygen atoms in total. The van der Waals surface area contributed by atoms with Crippen LogP contribution in [0.5, 0.6) is 0 Å². The van der Waals surface area contributed by atoms with Crippen LogP contribution in [-0.4, -0.2) is 23.9 Å². The van der Waals surface area contributed by atoms with E-state index < -0.39 is 27.6 Å². The van der Waals surface area contributed by atoms with Crippen molar-refractivity contribution in [3.05, 3.63) is 70.1 Å². The predicted molar refractivity (Wildman–Crippen MR) is 107 cm³/mol. The molecule has 3 rings (SSSR count). The number of halogens is 3. The van der Waals surface area contributed by atoms with Gasteiger partial charge < -0.3 is 4.57 Å². The minimum atomic E-state index is -4.20. The summed E-state index contributed by atoms with van der Waals surface area (Å²) in [6, 6.07) is 9.39. The Labute approximate surface area is 174 Å². The van der Waals surface area contributed by atoms with E-state index in [-0.39, 0.29) is 33.0 Å². The van der Waals surface area contributed by atoms with Gasteiger partial charge in [0.15, 0.2) is 0 Å². The number of aromatic nitrogens is 2. The van der Waals surface area contributed by atoms with Gasteiger partial charge in [0.05, 0.1) is 11.3 Å². The number of hydrogen-bond acceptors (Lipinski definition) is 4. The van der Waals surface area contributed by atoms with E-state index in [1.54, 1.807) is 19.9 Å². The van der Waals surface area contributed by atoms with Crippen LogP contribution in [0.2, 0.25) is 0 Å². The molecule has 3 aromatic rings. The minimum absolute atomic E-state index is 0.0640. The third kappa shape index (κ3) is 3.95. The monoisotopic (exact) mass is 483 g/mol. The first-order chi connectivity index (χ1) is 13.7. The lowest BCUT2D eigenvalue weighted by Gasteiger charge is -2.10. The zero-order chi connectivity index (χ0) is 21.3. The first kappa shape index (κ1) is 21.1. The summed E-state index contributed by atoms with van der Waals surface area (Å²) >= 11 is 3.13. The molecule has 1 heterocycles. The van der Waals surface area contributed by atoms with Crippen molar-refractivity contribution in [2.75, 3.05) is 0 Å². The molecule has 0 unspecified atom stereocenters. The van der Waals surface area contributed by atoms with E-state index in [1.165, 1.54) is 28.8 Å². The maximum absolute atomic E-state index is 14.2. The van der Waals surface area contributed by atoms with Crippen molar-refractivity contribution in [2.45, 2.75) is 25.3 Å². The fourth-order valence-corrected chi connectivity index (χ4v) is 4.89. The standard InChI is InChI=1S/C19H16BrF2N3O3S/c1-3-25-11(2)17(16-13(21)8-6-9-14(16)22)23-18(25)19(26)24-29(27,28)15-10-5-4-7-12(15)20/h4-10H,3H2,1-2H3,(H,24,26). The summed E-state index contributed by atoms with van der Waals surface area (Å²) in [6.45, 7) is 3.50. The summed E-state index contributed by atoms with van der Waals surface area (Å²) in [7, 11) is -4.20. The van der Waals surface area contributed by atoms with Gasteiger partial charge in [-0.25, -0.2) is 26.9 Å². The third-order valence-corrected chi connectivity index (χ3v) is 6.64. The quantitative estimate of drug-likeness (QED) is 0.593. The van der Waals surface area contributed by atoms with Gasteiger partial charge >= 0.3 is 5.91 Å². The van der Waals surface area contributed by atoms with E-state index in [9.17, 15) is 22.0 Å². The van der Waals surface area contributed by atoms with Gasteiger partial charge in [0, 0.05) is 16.7 Å². The Bertz CT molecular complexity index is 1190. The van der Waals surface area contributed by atoms with Crippen molar-refractivity contribution in [1.29, 1.82) is 0 Å². The third-order valence-electron chi connectivity index (χ3n) is 4.29. The number of sulfonamides is 1. The lowest BCUT2D eigenvalue weighted by molar-refractivity contribution is 0.0967. The summed E-state index contributed by atoms with van der Waals surface area (Å²) in [4.78, 5) is 16.7. The molecular formula is C19H16BrF2N3O3S. The van der Waals surface area contributed by atoms with Gasteiger partial charge in [-0.2, -0.15) is 0 Å². The Hall–Kier alpha value is -2.59. The van der Waals surface area contributed by atoms with E-state index >= 15 is 0 Å². The molecule has 0 saturated heterocycles. The van der Waals surface area contributed by atoms with Gasteiger partial charge in [-0.3, -0.25) is 4.79 Å². The topological polar surface area (TPSA) is 81.1 Å². The number of nitrogens with zero attached hydrogens (tertiary/aromatic N) is 2. The number of benzene rings is 2. The largest absolute Gasteiger partial charge is 0.324 e. The highest BCUT2D eigenvalue weighted by Crippen LogP contribution is 2.29. The summed E-state index contributed by atoms with van der Waals surface area (Å²) in [5.41, 5.74) is -0.106. The summed E-state index contributed by atoms with van der Waals surface area (Å²) < 4.78 is 57.2. The Morgan fingerprint density at radius 3 is 2.34 bits per heavy atom. The number of hydrogen-bond donors (Lipinski definition) is 1. The fourth-order valence-electron chi connectivity index (χ4n) is 2.94. The van der Waals surface area contributed by atoms with Gasteiger partial charge in [0.2, 0.25) is 5.82 Å². The number of carbonyl (C=O) groups is 1. The van der Waals surface area contributed by atoms with E-state index in [1.807, 2.05) is 4.72 Å². The first-order valence-corrected chi connectivity index (χ1v) is 10.8. The molecule has 1 aromatic heterocycles. The Morgan fingerprint density at radius 1 is 1.14 bits per heavy atom. The zero-order valence-electron chi connectivity index (χ0n) is 15.4. The average Bonchev–Trinajstić information content (AvgIpc) is 2.98. The van der Waals surface area contributed by atoms with Crippen LogP contribution in [0.15, 0.2) is 51.8 Å². The highest BCUT2D eigenvalue weighted by molar-refractivity contribution is 9.10. The molecular weight excluding hydrogens is 468 g/mol. The molecule has 0 aliphatic carbocycles. The van der Waals surface area contributed by atoms with Gasteiger partial charge in [0.1, 0.15) is 16.5 Å². The molecule has 0 spiro atoms. The molecule has 29 heavy (non-hydrogen) atoms. The van der Waals surface area contributed by atoms with Crippen LogP contribution in [0.1, 0.15) is 23.2 Å². The lowest BCUT2D eigenvalue weighted by Crippen LogP contribution is -2.33. The van der Waals surface area contributed by atoms with Crippen LogP contribution in [0.4, 0.5) is 8.78 Å². The van der Waals surface area contributed by atoms with Crippen LogP contribution < -0.4 is 4.72 Å². The van der Waals surface area contributed by atoms with Gasteiger partial charge in [-0.05, 0) is 54.0 Å². The second-order valence-electron chi connectivity index (χ2n) is 6.08. The summed E-state index contributed by atoms with van der Waals surface area (Å²) in [6.07, 6.45) is 0. The zero-order valence-corrected chi connectivity index (χ0v) is 17.8. The van der Waals surface area contributed by atoms with Crippen molar-refractivity contribution in [3.63, 3.8) is 0 Å². The first-order valence-electron chi connectivity index (χ1n) is 8.50. The molecule has 10 heteroatoms. The van der Waals surface area contributed by atoms with Gasteiger partial charge in [-0.15, -0.1) is 0 Å². The summed E-state index contributed by atoms with van der Waals surface area (Å²) in [5, 5.41) is 0. The maximum atomic E-state index is 14.2. The molecule has 2 aromatic carbocycles. The second kappa shape index (κ2) is 8.03. The Balaban J connectivity index is 2.06. The molecule has 0 aliphatic heterocycles. The number of rotatable bonds is 5. The van der Waals surface area contributed by atoms with Crippen LogP contribution >= 0.6 is 15.9 Å². The van der Waals surface area contributed by atoms with Crippen LogP contribution in [0, 0.1) is 18.6 Å². The highest BCUT2D eigenvalue weighted by Gasteiger charge is 2.27. The maximum Gasteiger partial charge on any atom is 0.301 e. The number of amides is 1. The van der Waals surface area contributed by atoms with Crippen molar-refractivity contribution >= 4 is 31.9 Å². The lowest BCUT2D eigenvalue weighted by atomic mass is 10.1. The molecule has 0 aliphatic rings. The van der Waals surface area contributed by atoms with Crippen LogP contribution in [0.25, 0.3) is 11.3 Å². The van der Waals surface area contributed by atoms with Gasteiger partial charge in [0.25, 0.3) is 10.0 Å². The smallest absolute Gasteiger partial charge is 0.301 e. The number of carbonyl (C=O) groups excluding carboxylic acids is 1. The molecule has 1 N–H and O–H groups in total. The molecule has 0 saturated carbocycles. The van der Waals surface area contributed by atoms with E-state index in [0.29, 0.717) is 5.69 Å². The number of imidazole rings is 1. The minimum Gasteiger partial charge on any atom is -0.324 e. The molecule has 0 fully saturated rings. The van der Waals surface area contributed by atoms with Gasteiger partial charge in [-0.1, -0.05) is 18.2 Å². The average molecular weight is 484 g/mol. The second-order valence-corrected chi connectivity index (χ2v) is 8.58. The molecule has 0 atom stereocenters. The normalized spacial score (nSPS) is 11.5. The van der Waals surface area contributed by atoms with Crippen molar-refractivity contribution in [1.82, 2.24) is 14.3 Å². The molecule has 0 bridgehead atoms. The molecule has 152 valence electrons. The Kier molecular flexibility index (Phi) is 5.85. The fraction of sp³-hybridized carbons (Fsp3) is 0.158. The van der Waals surface area contributed by atoms with Crippen LogP contribution in [0.3, 0.4) is 0 Å². The van der Waals surface area contributed by atoms with E-state index in [0.717, 1.165) is 12.1 Å². The highest BCUT2D eigenvalue weighted by atomic mass is 79.9. The molecule has 0 radical (unpaired) electrons. The number of nitrogens with one attached hydrogen (secondary N) is 1. The van der Waals surface area contributed by atoms with Crippen LogP contribution in [-0.2, 0) is 16.6 Å². The molecule has 1 amide bonds.